The Bertz CT molecular complexity index is 412. The smallest absolute Gasteiger partial charge is 0.321 e. The van der Waals surface area contributed by atoms with Crippen molar-refractivity contribution in [1.82, 2.24) is 4.98 Å². The van der Waals surface area contributed by atoms with Gasteiger partial charge >= 0.3 is 5.97 Å². The van der Waals surface area contributed by atoms with E-state index in [2.05, 4.69) is 4.98 Å². The van der Waals surface area contributed by atoms with Crippen molar-refractivity contribution in [2.75, 3.05) is 0 Å². The zero-order chi connectivity index (χ0) is 13.1. The van der Waals surface area contributed by atoms with Gasteiger partial charge < -0.3 is 10.8 Å². The second-order valence-electron chi connectivity index (χ2n) is 4.18. The van der Waals surface area contributed by atoms with E-state index < -0.39 is 16.8 Å². The summed E-state index contributed by atoms with van der Waals surface area (Å²) in [6, 6.07) is 0.908. The largest absolute Gasteiger partial charge is 0.480 e. The summed E-state index contributed by atoms with van der Waals surface area (Å²) in [5.74, 6) is -0.390. The molecule has 1 aromatic heterocycles. The lowest BCUT2D eigenvalue weighted by molar-refractivity contribution is -0.139. The van der Waals surface area contributed by atoms with E-state index >= 15 is 0 Å². The van der Waals surface area contributed by atoms with E-state index in [9.17, 15) is 4.79 Å². The minimum atomic E-state index is -0.997. The highest BCUT2D eigenvalue weighted by atomic mass is 35.5. The molecule has 4 nitrogen and oxygen atoms in total. The fourth-order valence-electron chi connectivity index (χ4n) is 1.17. The van der Waals surface area contributed by atoms with E-state index in [0.717, 1.165) is 5.56 Å². The SMILES string of the molecule is CC(C)(SCc1ccncc1Cl)[C@H](N)C(=O)O. The number of rotatable bonds is 5. The van der Waals surface area contributed by atoms with E-state index in [1.807, 2.05) is 19.9 Å². The van der Waals surface area contributed by atoms with Crippen molar-refractivity contribution in [2.45, 2.75) is 30.4 Å². The Morgan fingerprint density at radius 1 is 1.71 bits per heavy atom. The molecule has 0 radical (unpaired) electrons. The molecule has 17 heavy (non-hydrogen) atoms. The van der Waals surface area contributed by atoms with Crippen LogP contribution in [0, 0.1) is 0 Å². The van der Waals surface area contributed by atoms with E-state index in [1.54, 1.807) is 12.4 Å². The molecule has 0 aliphatic heterocycles. The van der Waals surface area contributed by atoms with Crippen molar-refractivity contribution in [3.05, 3.63) is 29.0 Å². The maximum absolute atomic E-state index is 10.8. The van der Waals surface area contributed by atoms with Crippen LogP contribution in [0.3, 0.4) is 0 Å². The monoisotopic (exact) mass is 274 g/mol. The molecule has 0 saturated heterocycles. The number of nitrogens with two attached hydrogens (primary N) is 1. The molecule has 6 heteroatoms. The first kappa shape index (κ1) is 14.3. The summed E-state index contributed by atoms with van der Waals surface area (Å²) in [5, 5.41) is 9.48. The van der Waals surface area contributed by atoms with Crippen LogP contribution in [-0.2, 0) is 10.5 Å². The van der Waals surface area contributed by atoms with Crippen LogP contribution in [0.2, 0.25) is 5.02 Å². The molecule has 1 aromatic rings. The normalized spacial score (nSPS) is 13.4. The molecule has 0 fully saturated rings. The van der Waals surface area contributed by atoms with Crippen LogP contribution in [0.1, 0.15) is 19.4 Å². The Morgan fingerprint density at radius 3 is 2.88 bits per heavy atom. The van der Waals surface area contributed by atoms with Gasteiger partial charge in [0.15, 0.2) is 0 Å². The molecule has 3 N–H and O–H groups in total. The summed E-state index contributed by atoms with van der Waals surface area (Å²) >= 11 is 7.44. The number of nitrogens with zero attached hydrogens (tertiary/aromatic N) is 1. The van der Waals surface area contributed by atoms with Crippen LogP contribution in [0.4, 0.5) is 0 Å². The fourth-order valence-corrected chi connectivity index (χ4v) is 2.50. The lowest BCUT2D eigenvalue weighted by Crippen LogP contribution is -2.46. The number of pyridine rings is 1. The average molecular weight is 275 g/mol. The molecule has 0 aromatic carbocycles. The molecular weight excluding hydrogens is 260 g/mol. The molecule has 0 amide bonds. The molecule has 0 spiro atoms. The van der Waals surface area contributed by atoms with Gasteiger partial charge in [-0.05, 0) is 25.5 Å². The first-order valence-corrected chi connectivity index (χ1v) is 6.41. The van der Waals surface area contributed by atoms with Crippen molar-refractivity contribution in [1.29, 1.82) is 0 Å². The van der Waals surface area contributed by atoms with Crippen molar-refractivity contribution in [2.24, 2.45) is 5.73 Å². The second-order valence-corrected chi connectivity index (χ2v) is 6.21. The van der Waals surface area contributed by atoms with E-state index in [0.29, 0.717) is 10.8 Å². The van der Waals surface area contributed by atoms with Crippen LogP contribution in [-0.4, -0.2) is 26.8 Å². The van der Waals surface area contributed by atoms with Gasteiger partial charge in [-0.25, -0.2) is 0 Å². The summed E-state index contributed by atoms with van der Waals surface area (Å²) in [6.07, 6.45) is 3.23. The molecular formula is C11H15ClN2O2S. The number of thioether (sulfide) groups is 1. The highest BCUT2D eigenvalue weighted by Gasteiger charge is 2.32. The number of hydrogen-bond acceptors (Lipinski definition) is 4. The molecule has 0 aliphatic carbocycles. The Balaban J connectivity index is 2.67. The summed E-state index contributed by atoms with van der Waals surface area (Å²) in [6.45, 7) is 3.62. The first-order chi connectivity index (χ1) is 7.84. The van der Waals surface area contributed by atoms with E-state index in [1.165, 1.54) is 11.8 Å². The predicted molar refractivity (Wildman–Crippen MR) is 70.2 cm³/mol. The summed E-state index contributed by atoms with van der Waals surface area (Å²) < 4.78 is -0.557. The number of carboxylic acid groups (broad SMARTS) is 1. The van der Waals surface area contributed by atoms with Crippen LogP contribution < -0.4 is 5.73 Å². The molecule has 1 heterocycles. The topological polar surface area (TPSA) is 76.2 Å². The molecule has 0 saturated carbocycles. The van der Waals surface area contributed by atoms with Gasteiger partial charge in [0.1, 0.15) is 6.04 Å². The van der Waals surface area contributed by atoms with Gasteiger partial charge in [-0.15, -0.1) is 11.8 Å². The minimum Gasteiger partial charge on any atom is -0.480 e. The molecule has 0 aliphatic rings. The number of carboxylic acids is 1. The maximum atomic E-state index is 10.8. The van der Waals surface area contributed by atoms with Crippen LogP contribution >= 0.6 is 23.4 Å². The molecule has 1 rings (SSSR count). The summed E-state index contributed by atoms with van der Waals surface area (Å²) in [4.78, 5) is 14.7. The highest BCUT2D eigenvalue weighted by molar-refractivity contribution is 7.99. The highest BCUT2D eigenvalue weighted by Crippen LogP contribution is 2.32. The predicted octanol–water partition coefficient (Wildman–Crippen LogP) is 2.16. The molecule has 0 bridgehead atoms. The molecule has 1 atom stereocenters. The summed E-state index contributed by atoms with van der Waals surface area (Å²) in [7, 11) is 0. The zero-order valence-corrected chi connectivity index (χ0v) is 11.3. The van der Waals surface area contributed by atoms with Gasteiger partial charge in [-0.1, -0.05) is 11.6 Å². The van der Waals surface area contributed by atoms with Gasteiger partial charge in [0.2, 0.25) is 0 Å². The zero-order valence-electron chi connectivity index (χ0n) is 9.68. The van der Waals surface area contributed by atoms with E-state index in [-0.39, 0.29) is 0 Å². The van der Waals surface area contributed by atoms with Crippen LogP contribution in [0.5, 0.6) is 0 Å². The van der Waals surface area contributed by atoms with Crippen molar-refractivity contribution < 1.29 is 9.90 Å². The third kappa shape index (κ3) is 3.87. The van der Waals surface area contributed by atoms with Crippen molar-refractivity contribution in [3.63, 3.8) is 0 Å². The Kier molecular flexibility index (Phi) is 4.80. The van der Waals surface area contributed by atoms with Crippen LogP contribution in [0.15, 0.2) is 18.5 Å². The third-order valence-electron chi connectivity index (χ3n) is 2.47. The fraction of sp³-hybridized carbons (Fsp3) is 0.455. The quantitative estimate of drug-likeness (QED) is 0.860. The molecule has 0 unspecified atom stereocenters. The van der Waals surface area contributed by atoms with Crippen molar-refractivity contribution in [3.8, 4) is 0 Å². The number of halogens is 1. The standard InChI is InChI=1S/C11H15ClN2O2S/c1-11(2,9(13)10(15)16)17-6-7-3-4-14-5-8(7)12/h3-5,9H,6,13H2,1-2H3,(H,15,16)/t9-/m1/s1. The lowest BCUT2D eigenvalue weighted by atomic mass is 10.1. The average Bonchev–Trinajstić information content (AvgIpc) is 2.27. The van der Waals surface area contributed by atoms with Crippen LogP contribution in [0.25, 0.3) is 0 Å². The Hall–Kier alpha value is -0.780. The number of aromatic nitrogens is 1. The van der Waals surface area contributed by atoms with Gasteiger partial charge in [0, 0.05) is 22.9 Å². The third-order valence-corrected chi connectivity index (χ3v) is 4.26. The Labute approximate surface area is 110 Å². The first-order valence-electron chi connectivity index (χ1n) is 5.05. The minimum absolute atomic E-state index is 0.557. The number of carbonyl (C=O) groups is 1. The summed E-state index contributed by atoms with van der Waals surface area (Å²) in [5.41, 5.74) is 6.56. The van der Waals surface area contributed by atoms with E-state index in [4.69, 9.17) is 22.4 Å². The van der Waals surface area contributed by atoms with Gasteiger partial charge in [0.25, 0.3) is 0 Å². The van der Waals surface area contributed by atoms with Gasteiger partial charge in [-0.2, -0.15) is 0 Å². The Morgan fingerprint density at radius 2 is 2.35 bits per heavy atom. The molecule has 94 valence electrons. The van der Waals surface area contributed by atoms with Gasteiger partial charge in [0.05, 0.1) is 5.02 Å². The van der Waals surface area contributed by atoms with Gasteiger partial charge in [-0.3, -0.25) is 9.78 Å². The lowest BCUT2D eigenvalue weighted by Gasteiger charge is -2.28. The number of hydrogen-bond donors (Lipinski definition) is 2. The van der Waals surface area contributed by atoms with Crippen molar-refractivity contribution >= 4 is 29.3 Å². The number of aliphatic carboxylic acids is 1. The maximum Gasteiger partial charge on any atom is 0.321 e. The second kappa shape index (κ2) is 5.71.